The molecule has 0 saturated carbocycles. The van der Waals surface area contributed by atoms with Gasteiger partial charge in [0.05, 0.1) is 17.6 Å². The maximum Gasteiger partial charge on any atom is 0.297 e. The molecule has 0 N–H and O–H groups in total. The van der Waals surface area contributed by atoms with Gasteiger partial charge in [-0.2, -0.15) is 5.10 Å². The monoisotopic (exact) mass is 283 g/mol. The Morgan fingerprint density at radius 3 is 2.71 bits per heavy atom. The molecule has 21 heavy (non-hydrogen) atoms. The SMILES string of the molecule is Cc1ccc(C)c(Cn2nc(C)c3c(C)onc3c2=O)c1. The average Bonchev–Trinajstić information content (AvgIpc) is 2.82. The van der Waals surface area contributed by atoms with Crippen molar-refractivity contribution in [2.45, 2.75) is 34.2 Å². The van der Waals surface area contributed by atoms with E-state index in [0.29, 0.717) is 17.8 Å². The summed E-state index contributed by atoms with van der Waals surface area (Å²) in [5.41, 5.74) is 4.29. The number of hydrogen-bond acceptors (Lipinski definition) is 4. The lowest BCUT2D eigenvalue weighted by Crippen LogP contribution is -2.25. The van der Waals surface area contributed by atoms with E-state index in [0.717, 1.165) is 22.2 Å². The van der Waals surface area contributed by atoms with Crippen LogP contribution in [0.1, 0.15) is 28.1 Å². The van der Waals surface area contributed by atoms with Crippen molar-refractivity contribution >= 4 is 10.9 Å². The van der Waals surface area contributed by atoms with Crippen molar-refractivity contribution in [3.8, 4) is 0 Å². The van der Waals surface area contributed by atoms with Crippen molar-refractivity contribution < 1.29 is 4.52 Å². The molecule has 0 saturated heterocycles. The molecule has 0 radical (unpaired) electrons. The van der Waals surface area contributed by atoms with Crippen LogP contribution >= 0.6 is 0 Å². The third-order valence-electron chi connectivity index (χ3n) is 3.76. The minimum atomic E-state index is -0.214. The lowest BCUT2D eigenvalue weighted by Gasteiger charge is -2.09. The molecule has 0 bridgehead atoms. The van der Waals surface area contributed by atoms with E-state index >= 15 is 0 Å². The summed E-state index contributed by atoms with van der Waals surface area (Å²) in [6.45, 7) is 8.17. The van der Waals surface area contributed by atoms with Crippen LogP contribution in [0.25, 0.3) is 10.9 Å². The van der Waals surface area contributed by atoms with E-state index in [1.54, 1.807) is 6.92 Å². The molecule has 2 aromatic heterocycles. The van der Waals surface area contributed by atoms with Gasteiger partial charge in [0.1, 0.15) is 5.76 Å². The van der Waals surface area contributed by atoms with Crippen molar-refractivity contribution in [2.24, 2.45) is 0 Å². The number of nitrogens with zero attached hydrogens (tertiary/aromatic N) is 3. The minimum absolute atomic E-state index is 0.214. The second kappa shape index (κ2) is 4.84. The van der Waals surface area contributed by atoms with E-state index in [2.05, 4.69) is 28.5 Å². The number of hydrogen-bond donors (Lipinski definition) is 0. The van der Waals surface area contributed by atoms with Gasteiger partial charge in [0.25, 0.3) is 5.56 Å². The van der Waals surface area contributed by atoms with E-state index in [9.17, 15) is 4.79 Å². The fraction of sp³-hybridized carbons (Fsp3) is 0.312. The van der Waals surface area contributed by atoms with Crippen LogP contribution in [-0.2, 0) is 6.54 Å². The van der Waals surface area contributed by atoms with Crippen LogP contribution in [0.2, 0.25) is 0 Å². The normalized spacial score (nSPS) is 11.2. The number of benzene rings is 1. The second-order valence-corrected chi connectivity index (χ2v) is 5.44. The van der Waals surface area contributed by atoms with Gasteiger partial charge in [0.2, 0.25) is 0 Å². The standard InChI is InChI=1S/C16H17N3O2/c1-9-5-6-10(2)13(7-9)8-19-16(20)15-14(11(3)17-19)12(4)21-18-15/h5-7H,8H2,1-4H3. The Hall–Kier alpha value is -2.43. The Labute approximate surface area is 122 Å². The van der Waals surface area contributed by atoms with E-state index in [4.69, 9.17) is 4.52 Å². The van der Waals surface area contributed by atoms with Gasteiger partial charge in [-0.1, -0.05) is 28.9 Å². The maximum absolute atomic E-state index is 12.5. The first-order valence-electron chi connectivity index (χ1n) is 6.87. The molecule has 1 aromatic carbocycles. The molecular weight excluding hydrogens is 266 g/mol. The molecule has 0 spiro atoms. The zero-order valence-electron chi connectivity index (χ0n) is 12.6. The average molecular weight is 283 g/mol. The van der Waals surface area contributed by atoms with Crippen LogP contribution in [0.5, 0.6) is 0 Å². The summed E-state index contributed by atoms with van der Waals surface area (Å²) in [6.07, 6.45) is 0. The fourth-order valence-corrected chi connectivity index (χ4v) is 2.58. The first-order valence-corrected chi connectivity index (χ1v) is 6.87. The topological polar surface area (TPSA) is 60.9 Å². The van der Waals surface area contributed by atoms with Crippen LogP contribution in [0, 0.1) is 27.7 Å². The largest absolute Gasteiger partial charge is 0.360 e. The van der Waals surface area contributed by atoms with E-state index < -0.39 is 0 Å². The highest BCUT2D eigenvalue weighted by atomic mass is 16.5. The molecule has 3 rings (SSSR count). The molecule has 5 nitrogen and oxygen atoms in total. The molecule has 3 aromatic rings. The predicted octanol–water partition coefficient (Wildman–Crippen LogP) is 2.67. The van der Waals surface area contributed by atoms with E-state index in [-0.39, 0.29) is 5.56 Å². The Bertz CT molecular complexity index is 890. The van der Waals surface area contributed by atoms with Gasteiger partial charge in [-0.3, -0.25) is 4.79 Å². The summed E-state index contributed by atoms with van der Waals surface area (Å²) in [5, 5.41) is 9.00. The fourth-order valence-electron chi connectivity index (χ4n) is 2.58. The highest BCUT2D eigenvalue weighted by Crippen LogP contribution is 2.17. The summed E-state index contributed by atoms with van der Waals surface area (Å²) in [4.78, 5) is 12.5. The molecular formula is C16H17N3O2. The van der Waals surface area contributed by atoms with Crippen LogP contribution in [0.3, 0.4) is 0 Å². The van der Waals surface area contributed by atoms with Crippen molar-refractivity contribution in [3.05, 3.63) is 56.7 Å². The second-order valence-electron chi connectivity index (χ2n) is 5.44. The molecule has 2 heterocycles. The first-order chi connectivity index (χ1) is 9.97. The number of rotatable bonds is 2. The van der Waals surface area contributed by atoms with Gasteiger partial charge in [-0.25, -0.2) is 4.68 Å². The summed E-state index contributed by atoms with van der Waals surface area (Å²) in [7, 11) is 0. The zero-order chi connectivity index (χ0) is 15.1. The Morgan fingerprint density at radius 2 is 1.95 bits per heavy atom. The van der Waals surface area contributed by atoms with Crippen molar-refractivity contribution in [2.75, 3.05) is 0 Å². The molecule has 0 unspecified atom stereocenters. The summed E-state index contributed by atoms with van der Waals surface area (Å²) in [5.74, 6) is 0.631. The molecule has 0 atom stereocenters. The van der Waals surface area contributed by atoms with E-state index in [1.165, 1.54) is 10.2 Å². The Morgan fingerprint density at radius 1 is 1.19 bits per heavy atom. The highest BCUT2D eigenvalue weighted by Gasteiger charge is 2.15. The summed E-state index contributed by atoms with van der Waals surface area (Å²) < 4.78 is 6.58. The molecule has 0 aliphatic rings. The van der Waals surface area contributed by atoms with Gasteiger partial charge in [0.15, 0.2) is 5.52 Å². The van der Waals surface area contributed by atoms with Gasteiger partial charge in [-0.15, -0.1) is 0 Å². The van der Waals surface area contributed by atoms with Crippen molar-refractivity contribution in [1.29, 1.82) is 0 Å². The third kappa shape index (κ3) is 2.24. The molecule has 0 fully saturated rings. The van der Waals surface area contributed by atoms with Crippen LogP contribution in [0.15, 0.2) is 27.5 Å². The zero-order valence-corrected chi connectivity index (χ0v) is 12.6. The van der Waals surface area contributed by atoms with Crippen LogP contribution in [-0.4, -0.2) is 14.9 Å². The smallest absolute Gasteiger partial charge is 0.297 e. The van der Waals surface area contributed by atoms with Crippen molar-refractivity contribution in [3.63, 3.8) is 0 Å². The summed E-state index contributed by atoms with van der Waals surface area (Å²) >= 11 is 0. The predicted molar refractivity (Wildman–Crippen MR) is 80.6 cm³/mol. The first kappa shape index (κ1) is 13.5. The lowest BCUT2D eigenvalue weighted by atomic mass is 10.1. The third-order valence-corrected chi connectivity index (χ3v) is 3.76. The molecule has 0 aliphatic heterocycles. The summed E-state index contributed by atoms with van der Waals surface area (Å²) in [6, 6.07) is 6.20. The lowest BCUT2D eigenvalue weighted by molar-refractivity contribution is 0.405. The Balaban J connectivity index is 2.15. The van der Waals surface area contributed by atoms with Crippen molar-refractivity contribution in [1.82, 2.24) is 14.9 Å². The van der Waals surface area contributed by atoms with Gasteiger partial charge in [0, 0.05) is 0 Å². The van der Waals surface area contributed by atoms with Crippen LogP contribution < -0.4 is 5.56 Å². The van der Waals surface area contributed by atoms with Gasteiger partial charge >= 0.3 is 0 Å². The van der Waals surface area contributed by atoms with Gasteiger partial charge < -0.3 is 4.52 Å². The van der Waals surface area contributed by atoms with Crippen LogP contribution in [0.4, 0.5) is 0 Å². The van der Waals surface area contributed by atoms with E-state index in [1.807, 2.05) is 20.8 Å². The van der Waals surface area contributed by atoms with Gasteiger partial charge in [-0.05, 0) is 38.8 Å². The number of fused-ring (bicyclic) bond motifs is 1. The molecule has 0 aliphatic carbocycles. The molecule has 0 amide bonds. The molecule has 108 valence electrons. The Kier molecular flexibility index (Phi) is 3.12. The minimum Gasteiger partial charge on any atom is -0.360 e. The number of aryl methyl sites for hydroxylation is 4. The maximum atomic E-state index is 12.5. The molecule has 5 heteroatoms. The highest BCUT2D eigenvalue weighted by molar-refractivity contribution is 5.81. The quantitative estimate of drug-likeness (QED) is 0.725. The number of aromatic nitrogens is 3.